The predicted molar refractivity (Wildman–Crippen MR) is 97.1 cm³/mol. The molecule has 5 heteroatoms. The van der Waals surface area contributed by atoms with Gasteiger partial charge in [-0.2, -0.15) is 4.98 Å². The Hall–Kier alpha value is -2.92. The van der Waals surface area contributed by atoms with E-state index in [2.05, 4.69) is 39.6 Å². The molecule has 0 spiro atoms. The van der Waals surface area contributed by atoms with Crippen LogP contribution in [-0.2, 0) is 0 Å². The normalized spacial score (nSPS) is 12.2. The summed E-state index contributed by atoms with van der Waals surface area (Å²) < 4.78 is 0. The molecule has 1 atom stereocenters. The molecular weight excluding hydrogens is 298 g/mol. The van der Waals surface area contributed by atoms with Gasteiger partial charge in [0.05, 0.1) is 6.04 Å². The lowest BCUT2D eigenvalue weighted by atomic mass is 9.97. The number of nitrogens with two attached hydrogens (primary N) is 2. The first-order chi connectivity index (χ1) is 11.6. The summed E-state index contributed by atoms with van der Waals surface area (Å²) in [6.45, 7) is 2.05. The van der Waals surface area contributed by atoms with Gasteiger partial charge in [-0.3, -0.25) is 5.32 Å². The highest BCUT2D eigenvalue weighted by molar-refractivity contribution is 5.43. The fourth-order valence-corrected chi connectivity index (χ4v) is 2.77. The second-order valence-electron chi connectivity index (χ2n) is 5.71. The van der Waals surface area contributed by atoms with Gasteiger partial charge in [0.2, 0.25) is 5.95 Å². The van der Waals surface area contributed by atoms with Gasteiger partial charge >= 0.3 is 0 Å². The highest BCUT2D eigenvalue weighted by Gasteiger charge is 2.19. The molecule has 3 rings (SSSR count). The number of nitrogen functional groups attached to an aromatic ring is 2. The van der Waals surface area contributed by atoms with Crippen molar-refractivity contribution >= 4 is 11.8 Å². The minimum absolute atomic E-state index is 0.0315. The zero-order valence-electron chi connectivity index (χ0n) is 13.6. The summed E-state index contributed by atoms with van der Waals surface area (Å²) in [5, 5.41) is 3.63. The van der Waals surface area contributed by atoms with Crippen LogP contribution in [0.4, 0.5) is 11.8 Å². The summed E-state index contributed by atoms with van der Waals surface area (Å²) in [7, 11) is 0. The minimum atomic E-state index is -0.0315. The molecule has 122 valence electrons. The van der Waals surface area contributed by atoms with Gasteiger partial charge in [-0.25, -0.2) is 4.98 Å². The van der Waals surface area contributed by atoms with Crippen molar-refractivity contribution in [1.29, 1.82) is 0 Å². The lowest BCUT2D eigenvalue weighted by Gasteiger charge is -2.25. The maximum atomic E-state index is 6.00. The van der Waals surface area contributed by atoms with E-state index in [4.69, 9.17) is 11.5 Å². The minimum Gasteiger partial charge on any atom is -0.383 e. The smallest absolute Gasteiger partial charge is 0.221 e. The van der Waals surface area contributed by atoms with Crippen molar-refractivity contribution < 1.29 is 0 Å². The summed E-state index contributed by atoms with van der Waals surface area (Å²) in [4.78, 5) is 8.11. The average Bonchev–Trinajstić information content (AvgIpc) is 2.61. The number of rotatable bonds is 5. The molecule has 1 unspecified atom stereocenters. The molecule has 0 aliphatic carbocycles. The third-order valence-electron chi connectivity index (χ3n) is 4.02. The molecule has 0 fully saturated rings. The van der Waals surface area contributed by atoms with Crippen LogP contribution in [0.25, 0.3) is 0 Å². The molecule has 0 radical (unpaired) electrons. The van der Waals surface area contributed by atoms with E-state index in [0.717, 1.165) is 5.56 Å². The van der Waals surface area contributed by atoms with Crippen LogP contribution in [0.15, 0.2) is 66.9 Å². The topological polar surface area (TPSA) is 89.8 Å². The molecule has 0 aliphatic heterocycles. The molecule has 3 aromatic rings. The monoisotopic (exact) mass is 319 g/mol. The van der Waals surface area contributed by atoms with E-state index < -0.39 is 0 Å². The number of anilines is 2. The van der Waals surface area contributed by atoms with E-state index in [-0.39, 0.29) is 18.0 Å². The van der Waals surface area contributed by atoms with Gasteiger partial charge in [0.1, 0.15) is 5.82 Å². The van der Waals surface area contributed by atoms with Crippen molar-refractivity contribution in [3.05, 3.63) is 83.6 Å². The predicted octanol–water partition coefficient (Wildman–Crippen LogP) is 3.08. The first-order valence-corrected chi connectivity index (χ1v) is 7.89. The average molecular weight is 319 g/mol. The van der Waals surface area contributed by atoms with Crippen LogP contribution in [0.2, 0.25) is 0 Å². The second-order valence-corrected chi connectivity index (χ2v) is 5.71. The van der Waals surface area contributed by atoms with Crippen LogP contribution in [-0.4, -0.2) is 9.97 Å². The molecule has 1 heterocycles. The Morgan fingerprint density at radius 1 is 0.875 bits per heavy atom. The molecule has 5 N–H and O–H groups in total. The third kappa shape index (κ3) is 3.52. The van der Waals surface area contributed by atoms with Crippen LogP contribution < -0.4 is 16.8 Å². The molecule has 0 amide bonds. The first kappa shape index (κ1) is 16.0. The Bertz CT molecular complexity index is 750. The number of nitrogens with one attached hydrogen (secondary N) is 1. The van der Waals surface area contributed by atoms with Crippen molar-refractivity contribution in [3.63, 3.8) is 0 Å². The molecule has 5 nitrogen and oxygen atoms in total. The molecule has 0 bridgehead atoms. The maximum Gasteiger partial charge on any atom is 0.221 e. The van der Waals surface area contributed by atoms with Gasteiger partial charge in [0, 0.05) is 17.8 Å². The Morgan fingerprint density at radius 3 is 1.92 bits per heavy atom. The van der Waals surface area contributed by atoms with Crippen molar-refractivity contribution in [2.24, 2.45) is 0 Å². The molecule has 0 aliphatic rings. The fraction of sp³-hybridized carbons (Fsp3) is 0.158. The van der Waals surface area contributed by atoms with Crippen molar-refractivity contribution in [1.82, 2.24) is 15.3 Å². The van der Waals surface area contributed by atoms with E-state index in [0.29, 0.717) is 5.82 Å². The summed E-state index contributed by atoms with van der Waals surface area (Å²) in [6, 6.07) is 20.6. The van der Waals surface area contributed by atoms with E-state index in [9.17, 15) is 0 Å². The summed E-state index contributed by atoms with van der Waals surface area (Å²) in [5.74, 6) is 0.591. The van der Waals surface area contributed by atoms with Crippen molar-refractivity contribution in [3.8, 4) is 0 Å². The fourth-order valence-electron chi connectivity index (χ4n) is 2.77. The Morgan fingerprint density at radius 2 is 1.42 bits per heavy atom. The molecule has 2 aromatic carbocycles. The van der Waals surface area contributed by atoms with Gasteiger partial charge in [-0.1, -0.05) is 60.7 Å². The third-order valence-corrected chi connectivity index (χ3v) is 4.02. The molecule has 24 heavy (non-hydrogen) atoms. The first-order valence-electron chi connectivity index (χ1n) is 7.89. The number of benzene rings is 2. The van der Waals surface area contributed by atoms with E-state index >= 15 is 0 Å². The lowest BCUT2D eigenvalue weighted by Crippen LogP contribution is -2.26. The SMILES string of the molecule is CC(NC(c1ccccc1)c1ccccc1)c1cnc(N)nc1N. The Labute approximate surface area is 141 Å². The van der Waals surface area contributed by atoms with Crippen molar-refractivity contribution in [2.45, 2.75) is 19.0 Å². The van der Waals surface area contributed by atoms with Crippen LogP contribution in [0, 0.1) is 0 Å². The Balaban J connectivity index is 1.92. The number of aromatic nitrogens is 2. The lowest BCUT2D eigenvalue weighted by molar-refractivity contribution is 0.515. The van der Waals surface area contributed by atoms with Gasteiger partial charge < -0.3 is 11.5 Å². The zero-order chi connectivity index (χ0) is 16.9. The molecule has 0 saturated heterocycles. The molecular formula is C19H21N5. The summed E-state index contributed by atoms with van der Waals surface area (Å²) in [5.41, 5.74) is 14.8. The Kier molecular flexibility index (Phi) is 4.72. The van der Waals surface area contributed by atoms with E-state index in [1.165, 1.54) is 11.1 Å². The zero-order valence-corrected chi connectivity index (χ0v) is 13.6. The second kappa shape index (κ2) is 7.10. The van der Waals surface area contributed by atoms with E-state index in [1.807, 2.05) is 43.3 Å². The number of hydrogen-bond donors (Lipinski definition) is 3. The maximum absolute atomic E-state index is 6.00. The highest BCUT2D eigenvalue weighted by Crippen LogP contribution is 2.27. The molecule has 0 saturated carbocycles. The van der Waals surface area contributed by atoms with Gasteiger partial charge in [-0.05, 0) is 18.1 Å². The number of nitrogens with zero attached hydrogens (tertiary/aromatic N) is 2. The summed E-state index contributed by atoms with van der Waals surface area (Å²) >= 11 is 0. The summed E-state index contributed by atoms with van der Waals surface area (Å²) in [6.07, 6.45) is 1.68. The van der Waals surface area contributed by atoms with Crippen LogP contribution in [0.3, 0.4) is 0 Å². The quantitative estimate of drug-likeness (QED) is 0.672. The van der Waals surface area contributed by atoms with Crippen LogP contribution in [0.1, 0.15) is 35.7 Å². The van der Waals surface area contributed by atoms with Crippen LogP contribution in [0.5, 0.6) is 0 Å². The van der Waals surface area contributed by atoms with Crippen LogP contribution >= 0.6 is 0 Å². The number of hydrogen-bond acceptors (Lipinski definition) is 5. The van der Waals surface area contributed by atoms with Gasteiger partial charge in [0.25, 0.3) is 0 Å². The van der Waals surface area contributed by atoms with Gasteiger partial charge in [-0.15, -0.1) is 0 Å². The largest absolute Gasteiger partial charge is 0.383 e. The van der Waals surface area contributed by atoms with Gasteiger partial charge in [0.15, 0.2) is 0 Å². The van der Waals surface area contributed by atoms with E-state index in [1.54, 1.807) is 6.20 Å². The highest BCUT2D eigenvalue weighted by atomic mass is 15.0. The standard InChI is InChI=1S/C19H21N5/c1-13(16-12-22-19(21)24-18(16)20)23-17(14-8-4-2-5-9-14)15-10-6-3-7-11-15/h2-13,17,23H,1H3,(H4,20,21,22,24). The van der Waals surface area contributed by atoms with Crippen molar-refractivity contribution in [2.75, 3.05) is 11.5 Å². The molecule has 1 aromatic heterocycles.